The fraction of sp³-hybridized carbons (Fsp3) is 0.0833. The van der Waals surface area contributed by atoms with Crippen molar-refractivity contribution in [2.45, 2.75) is 6.92 Å². The van der Waals surface area contributed by atoms with Gasteiger partial charge in [0.05, 0.1) is 16.6 Å². The highest BCUT2D eigenvalue weighted by molar-refractivity contribution is 7.20. The van der Waals surface area contributed by atoms with E-state index in [9.17, 15) is 15.2 Å². The minimum Gasteiger partial charge on any atom is -0.505 e. The van der Waals surface area contributed by atoms with E-state index in [-0.39, 0.29) is 17.1 Å². The first-order chi connectivity index (χ1) is 9.93. The number of aromatic hydroxyl groups is 1. The highest BCUT2D eigenvalue weighted by Crippen LogP contribution is 2.38. The summed E-state index contributed by atoms with van der Waals surface area (Å²) in [6, 6.07) is 5.46. The first kappa shape index (κ1) is 14.4. The number of rotatable bonds is 3. The summed E-state index contributed by atoms with van der Waals surface area (Å²) in [5, 5.41) is 37.7. The second-order valence-electron chi connectivity index (χ2n) is 4.01. The Hall–Kier alpha value is -2.99. The maximum atomic E-state index is 10.6. The molecule has 1 aromatic heterocycles. The normalized spacial score (nSPS) is 10.7. The van der Waals surface area contributed by atoms with Gasteiger partial charge in [0.25, 0.3) is 5.69 Å². The van der Waals surface area contributed by atoms with E-state index >= 15 is 0 Å². The van der Waals surface area contributed by atoms with Crippen molar-refractivity contribution in [2.24, 2.45) is 10.2 Å². The van der Waals surface area contributed by atoms with Crippen molar-refractivity contribution in [3.8, 4) is 11.8 Å². The summed E-state index contributed by atoms with van der Waals surface area (Å²) >= 11 is 1.10. The van der Waals surface area contributed by atoms with Crippen molar-refractivity contribution in [2.75, 3.05) is 5.73 Å². The van der Waals surface area contributed by atoms with Gasteiger partial charge in [0, 0.05) is 11.6 Å². The average molecular weight is 303 g/mol. The third kappa shape index (κ3) is 2.80. The number of hydrogen-bond acceptors (Lipinski definition) is 8. The molecular weight excluding hydrogens is 294 g/mol. The predicted octanol–water partition coefficient (Wildman–Crippen LogP) is 3.54. The summed E-state index contributed by atoms with van der Waals surface area (Å²) in [5.74, 6) is -0.351. The lowest BCUT2D eigenvalue weighted by Gasteiger charge is -1.97. The molecule has 0 radical (unpaired) electrons. The third-order valence-electron chi connectivity index (χ3n) is 2.68. The molecule has 0 aliphatic rings. The van der Waals surface area contributed by atoms with E-state index in [0.29, 0.717) is 21.1 Å². The molecule has 9 heteroatoms. The van der Waals surface area contributed by atoms with Crippen molar-refractivity contribution in [1.82, 2.24) is 0 Å². The van der Waals surface area contributed by atoms with Gasteiger partial charge < -0.3 is 10.8 Å². The van der Waals surface area contributed by atoms with Gasteiger partial charge in [-0.1, -0.05) is 11.3 Å². The molecule has 0 unspecified atom stereocenters. The lowest BCUT2D eigenvalue weighted by Crippen LogP contribution is -1.86. The van der Waals surface area contributed by atoms with E-state index in [1.54, 1.807) is 6.92 Å². The molecule has 0 atom stereocenters. The quantitative estimate of drug-likeness (QED) is 0.507. The minimum absolute atomic E-state index is 0.0884. The standard InChI is InChI=1S/C12H9N5O3S/c1-6-8(5-13)11(14)21-12(6)16-15-9-3-2-7(17(19)20)4-10(9)18/h2-4,18H,14H2,1H3. The smallest absolute Gasteiger partial charge is 0.273 e. The molecule has 1 heterocycles. The van der Waals surface area contributed by atoms with Crippen LogP contribution in [0.2, 0.25) is 0 Å². The fourth-order valence-corrected chi connectivity index (χ4v) is 2.41. The number of azo groups is 1. The summed E-state index contributed by atoms with van der Waals surface area (Å²) in [6.07, 6.45) is 0. The number of anilines is 1. The molecule has 1 aromatic carbocycles. The van der Waals surface area contributed by atoms with Crippen LogP contribution in [0.15, 0.2) is 28.4 Å². The first-order valence-corrected chi connectivity index (χ1v) is 6.43. The SMILES string of the molecule is Cc1c(N=Nc2ccc([N+](=O)[O-])cc2O)sc(N)c1C#N. The molecule has 0 saturated heterocycles. The maximum Gasteiger partial charge on any atom is 0.273 e. The van der Waals surface area contributed by atoms with E-state index < -0.39 is 4.92 Å². The molecular formula is C12H9N5O3S. The van der Waals surface area contributed by atoms with Crippen LogP contribution >= 0.6 is 11.3 Å². The van der Waals surface area contributed by atoms with Gasteiger partial charge in [-0.05, 0) is 13.0 Å². The van der Waals surface area contributed by atoms with Crippen LogP contribution in [0.3, 0.4) is 0 Å². The maximum absolute atomic E-state index is 10.6. The molecule has 21 heavy (non-hydrogen) atoms. The summed E-state index contributed by atoms with van der Waals surface area (Å²) in [4.78, 5) is 9.94. The Morgan fingerprint density at radius 1 is 1.48 bits per heavy atom. The molecule has 0 bridgehead atoms. The monoisotopic (exact) mass is 303 g/mol. The van der Waals surface area contributed by atoms with Crippen molar-refractivity contribution in [3.63, 3.8) is 0 Å². The van der Waals surface area contributed by atoms with E-state index in [2.05, 4.69) is 10.2 Å². The van der Waals surface area contributed by atoms with E-state index in [4.69, 9.17) is 11.0 Å². The molecule has 0 aliphatic carbocycles. The highest BCUT2D eigenvalue weighted by atomic mass is 32.1. The topological polar surface area (TPSA) is 138 Å². The molecule has 3 N–H and O–H groups in total. The van der Waals surface area contributed by atoms with Gasteiger partial charge in [0.1, 0.15) is 27.5 Å². The van der Waals surface area contributed by atoms with Crippen LogP contribution in [0.1, 0.15) is 11.1 Å². The van der Waals surface area contributed by atoms with E-state index in [0.717, 1.165) is 17.4 Å². The molecule has 0 amide bonds. The summed E-state index contributed by atoms with van der Waals surface area (Å²) in [7, 11) is 0. The number of nitro groups is 1. The number of benzene rings is 1. The minimum atomic E-state index is -0.621. The number of non-ortho nitro benzene ring substituents is 1. The summed E-state index contributed by atoms with van der Waals surface area (Å²) in [5.41, 5.74) is 6.47. The first-order valence-electron chi connectivity index (χ1n) is 5.62. The zero-order valence-corrected chi connectivity index (χ0v) is 11.6. The van der Waals surface area contributed by atoms with Gasteiger partial charge in [-0.2, -0.15) is 5.26 Å². The van der Waals surface area contributed by atoms with Gasteiger partial charge in [-0.3, -0.25) is 10.1 Å². The van der Waals surface area contributed by atoms with E-state index in [1.807, 2.05) is 6.07 Å². The number of phenolic OH excluding ortho intramolecular Hbond substituents is 1. The number of nitrogens with two attached hydrogens (primary N) is 1. The molecule has 0 spiro atoms. The van der Waals surface area contributed by atoms with Gasteiger partial charge in [-0.25, -0.2) is 0 Å². The molecule has 106 valence electrons. The number of hydrogen-bond donors (Lipinski definition) is 2. The number of phenols is 1. The Morgan fingerprint density at radius 3 is 2.71 bits per heavy atom. The van der Waals surface area contributed by atoms with Crippen LogP contribution in [0, 0.1) is 28.4 Å². The number of nitrogens with zero attached hydrogens (tertiary/aromatic N) is 4. The Balaban J connectivity index is 2.34. The second-order valence-corrected chi connectivity index (χ2v) is 5.04. The Kier molecular flexibility index (Phi) is 3.82. The molecule has 2 rings (SSSR count). The Labute approximate surface area is 122 Å². The van der Waals surface area contributed by atoms with Crippen LogP contribution in [0.5, 0.6) is 5.75 Å². The van der Waals surface area contributed by atoms with Crippen LogP contribution in [0.4, 0.5) is 21.4 Å². The number of nitro benzene ring substituents is 1. The van der Waals surface area contributed by atoms with Gasteiger partial charge in [0.2, 0.25) is 0 Å². The lowest BCUT2D eigenvalue weighted by molar-refractivity contribution is -0.384. The Morgan fingerprint density at radius 2 is 2.19 bits per heavy atom. The number of nitrogen functional groups attached to an aromatic ring is 1. The molecule has 8 nitrogen and oxygen atoms in total. The van der Waals surface area contributed by atoms with Crippen LogP contribution in [0.25, 0.3) is 0 Å². The molecule has 0 fully saturated rings. The molecule has 0 aliphatic heterocycles. The molecule has 2 aromatic rings. The van der Waals surface area contributed by atoms with Crippen molar-refractivity contribution < 1.29 is 10.0 Å². The third-order valence-corrected chi connectivity index (χ3v) is 3.68. The zero-order valence-electron chi connectivity index (χ0n) is 10.8. The van der Waals surface area contributed by atoms with Gasteiger partial charge in [-0.15, -0.1) is 10.2 Å². The lowest BCUT2D eigenvalue weighted by atomic mass is 10.2. The fourth-order valence-electron chi connectivity index (χ4n) is 1.57. The second kappa shape index (κ2) is 5.56. The van der Waals surface area contributed by atoms with Gasteiger partial charge in [0.15, 0.2) is 0 Å². The van der Waals surface area contributed by atoms with Crippen molar-refractivity contribution in [3.05, 3.63) is 39.4 Å². The van der Waals surface area contributed by atoms with Crippen LogP contribution in [-0.4, -0.2) is 10.0 Å². The summed E-state index contributed by atoms with van der Waals surface area (Å²) < 4.78 is 0. The van der Waals surface area contributed by atoms with Crippen molar-refractivity contribution in [1.29, 1.82) is 5.26 Å². The van der Waals surface area contributed by atoms with Crippen LogP contribution < -0.4 is 5.73 Å². The van der Waals surface area contributed by atoms with Crippen LogP contribution in [-0.2, 0) is 0 Å². The highest BCUT2D eigenvalue weighted by Gasteiger charge is 2.13. The van der Waals surface area contributed by atoms with Gasteiger partial charge >= 0.3 is 0 Å². The van der Waals surface area contributed by atoms with Crippen molar-refractivity contribution >= 4 is 32.7 Å². The predicted molar refractivity (Wildman–Crippen MR) is 77.1 cm³/mol. The molecule has 0 saturated carbocycles. The number of nitriles is 1. The number of thiophene rings is 1. The average Bonchev–Trinajstić information content (AvgIpc) is 2.71. The van der Waals surface area contributed by atoms with E-state index in [1.165, 1.54) is 12.1 Å². The summed E-state index contributed by atoms with van der Waals surface area (Å²) in [6.45, 7) is 1.69. The zero-order chi connectivity index (χ0) is 15.6. The Bertz CT molecular complexity index is 791. The largest absolute Gasteiger partial charge is 0.505 e.